The van der Waals surface area contributed by atoms with Gasteiger partial charge in [0.2, 0.25) is 0 Å². The first-order chi connectivity index (χ1) is 17.5. The first-order valence-electron chi connectivity index (χ1n) is 11.8. The number of thioether (sulfide) groups is 1. The van der Waals surface area contributed by atoms with E-state index in [1.54, 1.807) is 4.90 Å². The van der Waals surface area contributed by atoms with Crippen LogP contribution in [0.5, 0.6) is 5.75 Å². The van der Waals surface area contributed by atoms with Crippen molar-refractivity contribution < 1.29 is 9.53 Å². The molecule has 4 aromatic rings. The number of hydrogen-bond donors (Lipinski definition) is 0. The molecule has 1 heterocycles. The molecule has 0 radical (unpaired) electrons. The van der Waals surface area contributed by atoms with E-state index < -0.39 is 0 Å². The standard InChI is InChI=1S/C31H26N2O2S/c1-22-8-6-12-26(18-22)32-31-33(27-13-7-9-23(2)19-27)30(34)29(36-31)20-24-14-16-28(17-15-24)35-21-25-10-4-3-5-11-25/h3-20H,21H2,1-2H3. The minimum absolute atomic E-state index is 0.0820. The molecule has 0 aliphatic carbocycles. The molecule has 4 aromatic carbocycles. The Morgan fingerprint density at radius 1 is 0.833 bits per heavy atom. The Hall–Kier alpha value is -4.09. The Labute approximate surface area is 216 Å². The quantitative estimate of drug-likeness (QED) is 0.260. The second-order valence-corrected chi connectivity index (χ2v) is 9.68. The number of ether oxygens (including phenoxy) is 1. The van der Waals surface area contributed by atoms with Gasteiger partial charge in [-0.15, -0.1) is 0 Å². The van der Waals surface area contributed by atoms with E-state index in [4.69, 9.17) is 9.73 Å². The Bertz CT molecular complexity index is 1440. The number of hydrogen-bond acceptors (Lipinski definition) is 4. The third-order valence-electron chi connectivity index (χ3n) is 5.72. The molecule has 0 aromatic heterocycles. The van der Waals surface area contributed by atoms with Gasteiger partial charge in [-0.25, -0.2) is 4.99 Å². The first-order valence-corrected chi connectivity index (χ1v) is 12.6. The van der Waals surface area contributed by atoms with Crippen LogP contribution in [-0.2, 0) is 11.4 Å². The van der Waals surface area contributed by atoms with Crippen molar-refractivity contribution in [3.05, 3.63) is 130 Å². The van der Waals surface area contributed by atoms with Gasteiger partial charge in [-0.05, 0) is 90.3 Å². The van der Waals surface area contributed by atoms with Gasteiger partial charge in [0.05, 0.1) is 16.3 Å². The number of anilines is 1. The molecule has 0 unspecified atom stereocenters. The lowest BCUT2D eigenvalue weighted by atomic mass is 10.2. The van der Waals surface area contributed by atoms with Crippen molar-refractivity contribution in [3.63, 3.8) is 0 Å². The Morgan fingerprint density at radius 2 is 1.56 bits per heavy atom. The number of nitrogens with zero attached hydrogens (tertiary/aromatic N) is 2. The summed E-state index contributed by atoms with van der Waals surface area (Å²) in [5.74, 6) is 0.705. The largest absolute Gasteiger partial charge is 0.489 e. The molecule has 1 aliphatic heterocycles. The number of rotatable bonds is 6. The molecular weight excluding hydrogens is 464 g/mol. The zero-order valence-corrected chi connectivity index (χ0v) is 21.0. The van der Waals surface area contributed by atoms with Crippen LogP contribution in [0.15, 0.2) is 113 Å². The number of benzene rings is 4. The summed E-state index contributed by atoms with van der Waals surface area (Å²) >= 11 is 1.39. The van der Waals surface area contributed by atoms with E-state index in [0.29, 0.717) is 16.7 Å². The van der Waals surface area contributed by atoms with E-state index in [9.17, 15) is 4.79 Å². The van der Waals surface area contributed by atoms with Gasteiger partial charge in [0, 0.05) is 0 Å². The minimum Gasteiger partial charge on any atom is -0.489 e. The van der Waals surface area contributed by atoms with Crippen molar-refractivity contribution >= 4 is 40.3 Å². The van der Waals surface area contributed by atoms with Gasteiger partial charge in [0.15, 0.2) is 5.17 Å². The predicted octanol–water partition coefficient (Wildman–Crippen LogP) is 7.69. The summed E-state index contributed by atoms with van der Waals surface area (Å²) in [6.07, 6.45) is 1.91. The van der Waals surface area contributed by atoms with E-state index in [0.717, 1.165) is 39.4 Å². The number of aliphatic imine (C=N–C) groups is 1. The maximum atomic E-state index is 13.5. The summed E-state index contributed by atoms with van der Waals surface area (Å²) in [6, 6.07) is 33.8. The minimum atomic E-state index is -0.0820. The molecule has 0 saturated carbocycles. The number of carbonyl (C=O) groups excluding carboxylic acids is 1. The van der Waals surface area contributed by atoms with Crippen LogP contribution in [0.4, 0.5) is 11.4 Å². The zero-order valence-electron chi connectivity index (χ0n) is 20.2. The number of aryl methyl sites for hydroxylation is 2. The van der Waals surface area contributed by atoms with Crippen LogP contribution in [0, 0.1) is 13.8 Å². The molecule has 36 heavy (non-hydrogen) atoms. The fraction of sp³-hybridized carbons (Fsp3) is 0.0968. The number of amidine groups is 1. The molecule has 0 bridgehead atoms. The summed E-state index contributed by atoms with van der Waals surface area (Å²) in [7, 11) is 0. The maximum Gasteiger partial charge on any atom is 0.271 e. The number of amides is 1. The van der Waals surface area contributed by atoms with Crippen LogP contribution in [0.2, 0.25) is 0 Å². The monoisotopic (exact) mass is 490 g/mol. The van der Waals surface area contributed by atoms with Crippen molar-refractivity contribution in [2.24, 2.45) is 4.99 Å². The Morgan fingerprint density at radius 3 is 2.28 bits per heavy atom. The second kappa shape index (κ2) is 10.7. The molecule has 178 valence electrons. The lowest BCUT2D eigenvalue weighted by Gasteiger charge is -2.16. The van der Waals surface area contributed by atoms with Crippen molar-refractivity contribution in [2.45, 2.75) is 20.5 Å². The van der Waals surface area contributed by atoms with Crippen LogP contribution in [0.3, 0.4) is 0 Å². The van der Waals surface area contributed by atoms with Gasteiger partial charge in [0.25, 0.3) is 5.91 Å². The van der Waals surface area contributed by atoms with Gasteiger partial charge >= 0.3 is 0 Å². The Kier molecular flexibility index (Phi) is 7.01. The van der Waals surface area contributed by atoms with Crippen molar-refractivity contribution in [2.75, 3.05) is 4.90 Å². The molecule has 1 fully saturated rings. The van der Waals surface area contributed by atoms with Crippen molar-refractivity contribution in [1.82, 2.24) is 0 Å². The molecule has 5 rings (SSSR count). The van der Waals surface area contributed by atoms with E-state index in [-0.39, 0.29) is 5.91 Å². The van der Waals surface area contributed by atoms with E-state index in [1.165, 1.54) is 11.8 Å². The SMILES string of the molecule is Cc1cccc(N=C2SC(=Cc3ccc(OCc4ccccc4)cc3)C(=O)N2c2cccc(C)c2)c1. The molecule has 0 spiro atoms. The molecule has 5 heteroatoms. The van der Waals surface area contributed by atoms with E-state index >= 15 is 0 Å². The highest BCUT2D eigenvalue weighted by Gasteiger charge is 2.34. The molecule has 1 aliphatic rings. The second-order valence-electron chi connectivity index (χ2n) is 8.67. The van der Waals surface area contributed by atoms with Gasteiger partial charge in [0.1, 0.15) is 12.4 Å². The third kappa shape index (κ3) is 5.58. The lowest BCUT2D eigenvalue weighted by Crippen LogP contribution is -2.28. The fourth-order valence-electron chi connectivity index (χ4n) is 3.90. The van der Waals surface area contributed by atoms with Crippen LogP contribution in [0.25, 0.3) is 6.08 Å². The molecular formula is C31H26N2O2S. The smallest absolute Gasteiger partial charge is 0.271 e. The van der Waals surface area contributed by atoms with E-state index in [2.05, 4.69) is 0 Å². The summed E-state index contributed by atoms with van der Waals surface area (Å²) in [6.45, 7) is 4.57. The van der Waals surface area contributed by atoms with Crippen molar-refractivity contribution in [3.8, 4) is 5.75 Å². The average Bonchev–Trinajstić information content (AvgIpc) is 3.18. The van der Waals surface area contributed by atoms with Gasteiger partial charge in [-0.2, -0.15) is 0 Å². The van der Waals surface area contributed by atoms with Crippen LogP contribution in [0.1, 0.15) is 22.3 Å². The molecule has 1 saturated heterocycles. The zero-order chi connectivity index (χ0) is 24.9. The normalized spacial score (nSPS) is 15.6. The molecule has 0 atom stereocenters. The predicted molar refractivity (Wildman–Crippen MR) is 150 cm³/mol. The third-order valence-corrected chi connectivity index (χ3v) is 6.69. The topological polar surface area (TPSA) is 41.9 Å². The summed E-state index contributed by atoms with van der Waals surface area (Å²) in [5, 5.41) is 0.644. The summed E-state index contributed by atoms with van der Waals surface area (Å²) in [5.41, 5.74) is 5.89. The average molecular weight is 491 g/mol. The van der Waals surface area contributed by atoms with Crippen LogP contribution < -0.4 is 9.64 Å². The lowest BCUT2D eigenvalue weighted by molar-refractivity contribution is -0.113. The molecule has 1 amide bonds. The summed E-state index contributed by atoms with van der Waals surface area (Å²) < 4.78 is 5.90. The van der Waals surface area contributed by atoms with Gasteiger partial charge in [-0.3, -0.25) is 9.69 Å². The van der Waals surface area contributed by atoms with Crippen LogP contribution >= 0.6 is 11.8 Å². The van der Waals surface area contributed by atoms with Gasteiger partial charge in [-0.1, -0.05) is 66.7 Å². The Balaban J connectivity index is 1.41. The number of carbonyl (C=O) groups is 1. The molecule has 0 N–H and O–H groups in total. The highest BCUT2D eigenvalue weighted by molar-refractivity contribution is 8.19. The maximum absolute atomic E-state index is 13.5. The van der Waals surface area contributed by atoms with E-state index in [1.807, 2.05) is 123 Å². The van der Waals surface area contributed by atoms with Gasteiger partial charge < -0.3 is 4.74 Å². The first kappa shape index (κ1) is 23.6. The summed E-state index contributed by atoms with van der Waals surface area (Å²) in [4.78, 5) is 20.7. The fourth-order valence-corrected chi connectivity index (χ4v) is 4.90. The van der Waals surface area contributed by atoms with Crippen LogP contribution in [-0.4, -0.2) is 11.1 Å². The van der Waals surface area contributed by atoms with Crippen molar-refractivity contribution in [1.29, 1.82) is 0 Å². The molecule has 4 nitrogen and oxygen atoms in total. The highest BCUT2D eigenvalue weighted by atomic mass is 32.2. The highest BCUT2D eigenvalue weighted by Crippen LogP contribution is 2.37.